The van der Waals surface area contributed by atoms with Crippen LogP contribution in [0.2, 0.25) is 10.0 Å². The van der Waals surface area contributed by atoms with Crippen molar-refractivity contribution in [3.05, 3.63) is 85.8 Å². The predicted molar refractivity (Wildman–Crippen MR) is 107 cm³/mol. The fourth-order valence-electron chi connectivity index (χ4n) is 2.42. The summed E-state index contributed by atoms with van der Waals surface area (Å²) in [5, 5.41) is 12.7. The van der Waals surface area contributed by atoms with Gasteiger partial charge in [-0.3, -0.25) is 14.9 Å². The predicted octanol–water partition coefficient (Wildman–Crippen LogP) is 6.50. The lowest BCUT2D eigenvalue weighted by atomic mass is 10.1. The molecule has 0 radical (unpaired) electrons. The number of carbonyl (C=O) groups excluding carboxylic acids is 1. The van der Waals surface area contributed by atoms with E-state index in [9.17, 15) is 32.5 Å². The zero-order chi connectivity index (χ0) is 23.6. The molecule has 1 heterocycles. The van der Waals surface area contributed by atoms with Crippen molar-refractivity contribution in [3.8, 4) is 11.6 Å². The van der Waals surface area contributed by atoms with E-state index in [-0.39, 0.29) is 22.3 Å². The number of non-ortho nitro benzene ring substituents is 1. The number of hydrogen-bond donors (Lipinski definition) is 1. The van der Waals surface area contributed by atoms with E-state index in [1.54, 1.807) is 0 Å². The Balaban J connectivity index is 1.78. The summed E-state index contributed by atoms with van der Waals surface area (Å²) < 4.78 is 57.3. The van der Waals surface area contributed by atoms with Crippen molar-refractivity contribution in [1.29, 1.82) is 0 Å². The molecule has 0 fully saturated rings. The van der Waals surface area contributed by atoms with Crippen LogP contribution in [0.1, 0.15) is 15.9 Å². The van der Waals surface area contributed by atoms with Crippen LogP contribution in [-0.2, 0) is 6.18 Å². The van der Waals surface area contributed by atoms with Gasteiger partial charge in [-0.2, -0.15) is 13.2 Å². The van der Waals surface area contributed by atoms with Crippen LogP contribution in [0.5, 0.6) is 11.6 Å². The third-order valence-electron chi connectivity index (χ3n) is 3.94. The molecule has 2 aromatic carbocycles. The van der Waals surface area contributed by atoms with Crippen molar-refractivity contribution < 1.29 is 32.0 Å². The van der Waals surface area contributed by atoms with Gasteiger partial charge >= 0.3 is 6.18 Å². The Hall–Kier alpha value is -3.44. The van der Waals surface area contributed by atoms with Crippen LogP contribution in [0.25, 0.3) is 0 Å². The van der Waals surface area contributed by atoms with Crippen LogP contribution in [-0.4, -0.2) is 15.8 Å². The number of alkyl halides is 3. The smallest absolute Gasteiger partial charge is 0.417 e. The van der Waals surface area contributed by atoms with Crippen LogP contribution in [0.3, 0.4) is 0 Å². The Kier molecular flexibility index (Phi) is 6.51. The molecule has 0 aliphatic carbocycles. The van der Waals surface area contributed by atoms with Gasteiger partial charge in [0, 0.05) is 24.0 Å². The molecule has 13 heteroatoms. The number of halogens is 6. The molecule has 3 rings (SSSR count). The summed E-state index contributed by atoms with van der Waals surface area (Å²) in [7, 11) is 0. The Morgan fingerprint density at radius 1 is 1.09 bits per heavy atom. The Morgan fingerprint density at radius 2 is 1.81 bits per heavy atom. The summed E-state index contributed by atoms with van der Waals surface area (Å²) in [5.41, 5.74) is -2.01. The second kappa shape index (κ2) is 8.97. The van der Waals surface area contributed by atoms with E-state index in [1.165, 1.54) is 18.2 Å². The molecule has 0 atom stereocenters. The van der Waals surface area contributed by atoms with Crippen molar-refractivity contribution >= 4 is 40.5 Å². The van der Waals surface area contributed by atoms with E-state index >= 15 is 0 Å². The molecule has 0 aliphatic heterocycles. The SMILES string of the molecule is O=C(Nc1ccc(Oc2ncc(C(F)(F)F)cc2Cl)c(Cl)c1)c1cc([N+](=O)[O-])ccc1F. The average Bonchev–Trinajstić information content (AvgIpc) is 2.70. The summed E-state index contributed by atoms with van der Waals surface area (Å²) in [6.45, 7) is 0. The number of nitro benzene ring substituents is 1. The first-order valence-electron chi connectivity index (χ1n) is 8.41. The van der Waals surface area contributed by atoms with Gasteiger partial charge in [0.25, 0.3) is 11.6 Å². The monoisotopic (exact) mass is 489 g/mol. The number of aromatic nitrogens is 1. The van der Waals surface area contributed by atoms with E-state index in [1.807, 2.05) is 0 Å². The number of benzene rings is 2. The third-order valence-corrected chi connectivity index (χ3v) is 4.50. The number of ether oxygens (including phenoxy) is 1. The number of rotatable bonds is 5. The zero-order valence-electron chi connectivity index (χ0n) is 15.4. The van der Waals surface area contributed by atoms with Crippen molar-refractivity contribution in [2.75, 3.05) is 5.32 Å². The number of pyridine rings is 1. The summed E-state index contributed by atoms with van der Waals surface area (Å²) in [4.78, 5) is 25.9. The fourth-order valence-corrected chi connectivity index (χ4v) is 2.84. The van der Waals surface area contributed by atoms with Crippen LogP contribution >= 0.6 is 23.2 Å². The van der Waals surface area contributed by atoms with Gasteiger partial charge in [-0.15, -0.1) is 0 Å². The molecule has 0 spiro atoms. The highest BCUT2D eigenvalue weighted by atomic mass is 35.5. The van der Waals surface area contributed by atoms with Gasteiger partial charge in [0.05, 0.1) is 21.1 Å². The van der Waals surface area contributed by atoms with Gasteiger partial charge < -0.3 is 10.1 Å². The average molecular weight is 490 g/mol. The molecule has 32 heavy (non-hydrogen) atoms. The highest BCUT2D eigenvalue weighted by Crippen LogP contribution is 2.37. The number of anilines is 1. The number of nitrogens with zero attached hydrogens (tertiary/aromatic N) is 2. The largest absolute Gasteiger partial charge is 0.436 e. The molecule has 1 N–H and O–H groups in total. The maximum absolute atomic E-state index is 13.9. The summed E-state index contributed by atoms with van der Waals surface area (Å²) in [6.07, 6.45) is -4.09. The normalized spacial score (nSPS) is 11.2. The van der Waals surface area contributed by atoms with Gasteiger partial charge in [0.1, 0.15) is 16.6 Å². The highest BCUT2D eigenvalue weighted by Gasteiger charge is 2.32. The van der Waals surface area contributed by atoms with Crippen molar-refractivity contribution in [3.63, 3.8) is 0 Å². The van der Waals surface area contributed by atoms with E-state index < -0.39 is 44.7 Å². The van der Waals surface area contributed by atoms with E-state index in [2.05, 4.69) is 10.3 Å². The Labute approximate surface area is 186 Å². The molecular weight excluding hydrogens is 481 g/mol. The molecule has 0 saturated heterocycles. The van der Waals surface area contributed by atoms with Gasteiger partial charge in [0.15, 0.2) is 0 Å². The zero-order valence-corrected chi connectivity index (χ0v) is 16.9. The maximum Gasteiger partial charge on any atom is 0.417 e. The highest BCUT2D eigenvalue weighted by molar-refractivity contribution is 6.33. The number of nitro groups is 1. The molecule has 3 aromatic rings. The minimum Gasteiger partial charge on any atom is -0.436 e. The first-order valence-corrected chi connectivity index (χ1v) is 9.16. The van der Waals surface area contributed by atoms with Crippen LogP contribution in [0.4, 0.5) is 28.9 Å². The van der Waals surface area contributed by atoms with Crippen LogP contribution in [0.15, 0.2) is 48.7 Å². The minimum absolute atomic E-state index is 0.0413. The Bertz CT molecular complexity index is 1220. The van der Waals surface area contributed by atoms with Crippen molar-refractivity contribution in [1.82, 2.24) is 4.98 Å². The van der Waals surface area contributed by atoms with Crippen LogP contribution in [0, 0.1) is 15.9 Å². The first-order chi connectivity index (χ1) is 15.0. The molecule has 0 bridgehead atoms. The number of amides is 1. The standard InChI is InChI=1S/C19H9Cl2F4N3O4/c20-13-6-10(27-17(29)12-7-11(28(30)31)2-3-15(12)22)1-4-16(13)32-18-14(21)5-9(8-26-18)19(23,24)25/h1-8H,(H,27,29). The second-order valence-corrected chi connectivity index (χ2v) is 6.95. The van der Waals surface area contributed by atoms with E-state index in [0.717, 1.165) is 18.2 Å². The number of nitrogens with one attached hydrogen (secondary N) is 1. The summed E-state index contributed by atoms with van der Waals surface area (Å²) in [6, 6.07) is 6.89. The van der Waals surface area contributed by atoms with E-state index in [4.69, 9.17) is 27.9 Å². The molecule has 0 unspecified atom stereocenters. The lowest BCUT2D eigenvalue weighted by molar-refractivity contribution is -0.384. The second-order valence-electron chi connectivity index (χ2n) is 6.13. The van der Waals surface area contributed by atoms with E-state index in [0.29, 0.717) is 12.3 Å². The van der Waals surface area contributed by atoms with Gasteiger partial charge in [-0.1, -0.05) is 23.2 Å². The van der Waals surface area contributed by atoms with Crippen molar-refractivity contribution in [2.24, 2.45) is 0 Å². The third kappa shape index (κ3) is 5.24. The molecule has 0 saturated carbocycles. The minimum atomic E-state index is -4.63. The van der Waals surface area contributed by atoms with Gasteiger partial charge in [-0.25, -0.2) is 9.37 Å². The lowest BCUT2D eigenvalue weighted by Gasteiger charge is -2.12. The molecule has 7 nitrogen and oxygen atoms in total. The van der Waals surface area contributed by atoms with Gasteiger partial charge in [0.2, 0.25) is 5.88 Å². The number of carbonyl (C=O) groups is 1. The fraction of sp³-hybridized carbons (Fsp3) is 0.0526. The Morgan fingerprint density at radius 3 is 2.41 bits per heavy atom. The molecule has 1 aromatic heterocycles. The number of hydrogen-bond acceptors (Lipinski definition) is 5. The summed E-state index contributed by atoms with van der Waals surface area (Å²) >= 11 is 11.9. The van der Waals surface area contributed by atoms with Gasteiger partial charge in [-0.05, 0) is 30.3 Å². The molecule has 1 amide bonds. The maximum atomic E-state index is 13.9. The van der Waals surface area contributed by atoms with Crippen LogP contribution < -0.4 is 10.1 Å². The summed E-state index contributed by atoms with van der Waals surface area (Å²) in [5.74, 6) is -2.32. The van der Waals surface area contributed by atoms with Crippen molar-refractivity contribution in [2.45, 2.75) is 6.18 Å². The topological polar surface area (TPSA) is 94.4 Å². The lowest BCUT2D eigenvalue weighted by Crippen LogP contribution is -2.14. The molecular formula is C19H9Cl2F4N3O4. The molecule has 166 valence electrons. The molecule has 0 aliphatic rings. The quantitative estimate of drug-likeness (QED) is 0.250. The first kappa shape index (κ1) is 23.2.